The molecule has 1 atom stereocenters. The number of rotatable bonds is 10. The highest BCUT2D eigenvalue weighted by Gasteiger charge is 2.50. The first-order chi connectivity index (χ1) is 13.7. The minimum absolute atomic E-state index is 0.234. The third-order valence-electron chi connectivity index (χ3n) is 4.50. The zero-order chi connectivity index (χ0) is 21.5. The fourth-order valence-corrected chi connectivity index (χ4v) is 7.95. The SMILES string of the molecule is CC(C)(C)[Si](OC[C@H](CO[N+](=O)[O-])O[N+](=O)[O-])(c1ccccc1)c1ccccc1. The second kappa shape index (κ2) is 9.48. The van der Waals surface area contributed by atoms with Crippen LogP contribution in [0.15, 0.2) is 60.7 Å². The third kappa shape index (κ3) is 5.52. The molecular formula is C19H24N2O7Si. The summed E-state index contributed by atoms with van der Waals surface area (Å²) in [5.74, 6) is 0. The molecule has 2 aromatic carbocycles. The van der Waals surface area contributed by atoms with Gasteiger partial charge >= 0.3 is 0 Å². The highest BCUT2D eigenvalue weighted by atomic mass is 28.4. The lowest BCUT2D eigenvalue weighted by atomic mass is 10.2. The first-order valence-corrected chi connectivity index (χ1v) is 10.9. The fourth-order valence-electron chi connectivity index (χ4n) is 3.35. The summed E-state index contributed by atoms with van der Waals surface area (Å²) in [7, 11) is -2.95. The van der Waals surface area contributed by atoms with E-state index < -0.39 is 31.2 Å². The van der Waals surface area contributed by atoms with Gasteiger partial charge in [0.25, 0.3) is 18.5 Å². The highest BCUT2D eigenvalue weighted by Crippen LogP contribution is 2.36. The second-order valence-corrected chi connectivity index (χ2v) is 11.8. The fraction of sp³-hybridized carbons (Fsp3) is 0.368. The Hall–Kier alpha value is -2.98. The van der Waals surface area contributed by atoms with Crippen LogP contribution >= 0.6 is 0 Å². The molecule has 29 heavy (non-hydrogen) atoms. The Balaban J connectivity index is 2.46. The maximum Gasteiger partial charge on any atom is 0.294 e. The molecule has 0 spiro atoms. The molecule has 10 heteroatoms. The Bertz CT molecular complexity index is 773. The van der Waals surface area contributed by atoms with Crippen LogP contribution in [0, 0.1) is 20.2 Å². The van der Waals surface area contributed by atoms with E-state index in [1.165, 1.54) is 0 Å². The Morgan fingerprint density at radius 1 is 0.862 bits per heavy atom. The van der Waals surface area contributed by atoms with Crippen molar-refractivity contribution >= 4 is 18.7 Å². The number of hydrogen-bond donors (Lipinski definition) is 0. The van der Waals surface area contributed by atoms with Gasteiger partial charge in [-0.1, -0.05) is 81.4 Å². The maximum absolute atomic E-state index is 10.8. The molecule has 0 aliphatic heterocycles. The van der Waals surface area contributed by atoms with Gasteiger partial charge in [-0.05, 0) is 15.4 Å². The van der Waals surface area contributed by atoms with Crippen LogP contribution in [-0.2, 0) is 14.1 Å². The summed E-state index contributed by atoms with van der Waals surface area (Å²) >= 11 is 0. The largest absolute Gasteiger partial charge is 0.405 e. The van der Waals surface area contributed by atoms with Gasteiger partial charge in [0.1, 0.15) is 6.61 Å². The van der Waals surface area contributed by atoms with Crippen molar-refractivity contribution in [3.05, 3.63) is 80.9 Å². The first kappa shape index (κ1) is 22.3. The van der Waals surface area contributed by atoms with Gasteiger partial charge in [0.15, 0.2) is 6.10 Å². The van der Waals surface area contributed by atoms with Crippen LogP contribution in [0.2, 0.25) is 5.04 Å². The molecule has 2 rings (SSSR count). The van der Waals surface area contributed by atoms with E-state index >= 15 is 0 Å². The molecular weight excluding hydrogens is 396 g/mol. The summed E-state index contributed by atoms with van der Waals surface area (Å²) in [6.07, 6.45) is -1.24. The average Bonchev–Trinajstić information content (AvgIpc) is 2.66. The minimum Gasteiger partial charge on any atom is -0.405 e. The van der Waals surface area contributed by atoms with Gasteiger partial charge in [0.2, 0.25) is 0 Å². The Kier molecular flexibility index (Phi) is 7.29. The van der Waals surface area contributed by atoms with Gasteiger partial charge in [0.05, 0.1) is 6.61 Å². The maximum atomic E-state index is 10.8. The van der Waals surface area contributed by atoms with E-state index in [0.29, 0.717) is 0 Å². The topological polar surface area (TPSA) is 114 Å². The van der Waals surface area contributed by atoms with E-state index in [9.17, 15) is 20.2 Å². The molecule has 156 valence electrons. The molecule has 0 fully saturated rings. The molecule has 0 N–H and O–H groups in total. The normalized spacial score (nSPS) is 12.8. The molecule has 2 aromatic rings. The van der Waals surface area contributed by atoms with Gasteiger partial charge < -0.3 is 14.1 Å². The molecule has 0 heterocycles. The molecule has 0 aliphatic rings. The number of benzene rings is 2. The van der Waals surface area contributed by atoms with Crippen molar-refractivity contribution in [2.75, 3.05) is 13.2 Å². The lowest BCUT2D eigenvalue weighted by molar-refractivity contribution is -0.790. The van der Waals surface area contributed by atoms with Crippen LogP contribution in [0.4, 0.5) is 0 Å². The van der Waals surface area contributed by atoms with Crippen LogP contribution in [0.25, 0.3) is 0 Å². The molecule has 9 nitrogen and oxygen atoms in total. The first-order valence-electron chi connectivity index (χ1n) is 9.00. The van der Waals surface area contributed by atoms with Gasteiger partial charge in [-0.15, -0.1) is 20.2 Å². The summed E-state index contributed by atoms with van der Waals surface area (Å²) < 4.78 is 6.47. The van der Waals surface area contributed by atoms with Crippen LogP contribution in [0.5, 0.6) is 0 Å². The molecule has 0 saturated heterocycles. The van der Waals surface area contributed by atoms with E-state index in [2.05, 4.69) is 30.4 Å². The van der Waals surface area contributed by atoms with E-state index in [4.69, 9.17) is 4.43 Å². The zero-order valence-electron chi connectivity index (χ0n) is 16.5. The van der Waals surface area contributed by atoms with E-state index in [1.807, 2.05) is 60.7 Å². The van der Waals surface area contributed by atoms with Crippen molar-refractivity contribution in [2.24, 2.45) is 0 Å². The predicted molar refractivity (Wildman–Crippen MR) is 108 cm³/mol. The third-order valence-corrected chi connectivity index (χ3v) is 9.51. The standard InChI is InChI=1S/C19H24N2O7Si/c1-19(2,3)29(17-10-6-4-7-11-17,18-12-8-5-9-13-18)27-15-16(28-21(24)25)14-26-20(22)23/h4-13,16H,14-15H2,1-3H3/t16-/m0/s1. The van der Waals surface area contributed by atoms with Crippen molar-refractivity contribution < 1.29 is 24.3 Å². The van der Waals surface area contributed by atoms with E-state index in [1.54, 1.807) is 0 Å². The lowest BCUT2D eigenvalue weighted by Gasteiger charge is -2.43. The lowest BCUT2D eigenvalue weighted by Crippen LogP contribution is -2.67. The summed E-state index contributed by atoms with van der Waals surface area (Å²) in [5.41, 5.74) is 0. The Labute approximate surface area is 169 Å². The number of hydrogen-bond acceptors (Lipinski definition) is 7. The van der Waals surface area contributed by atoms with Crippen LogP contribution < -0.4 is 10.4 Å². The highest BCUT2D eigenvalue weighted by molar-refractivity contribution is 6.99. The predicted octanol–water partition coefficient (Wildman–Crippen LogP) is 2.35. The van der Waals surface area contributed by atoms with Crippen LogP contribution in [-0.4, -0.2) is 37.8 Å². The Morgan fingerprint density at radius 3 is 1.72 bits per heavy atom. The molecule has 0 aromatic heterocycles. The van der Waals surface area contributed by atoms with Gasteiger partial charge in [0, 0.05) is 0 Å². The van der Waals surface area contributed by atoms with Gasteiger partial charge in [-0.25, -0.2) is 0 Å². The van der Waals surface area contributed by atoms with Crippen molar-refractivity contribution in [2.45, 2.75) is 31.9 Å². The van der Waals surface area contributed by atoms with E-state index in [0.717, 1.165) is 10.4 Å². The molecule has 0 aliphatic carbocycles. The second-order valence-electron chi connectivity index (χ2n) is 7.44. The van der Waals surface area contributed by atoms with Crippen LogP contribution in [0.3, 0.4) is 0 Å². The molecule has 0 radical (unpaired) electrons. The van der Waals surface area contributed by atoms with Crippen molar-refractivity contribution in [1.29, 1.82) is 0 Å². The Morgan fingerprint density at radius 2 is 1.34 bits per heavy atom. The molecule has 0 unspecified atom stereocenters. The van der Waals surface area contributed by atoms with Crippen LogP contribution in [0.1, 0.15) is 20.8 Å². The summed E-state index contributed by atoms with van der Waals surface area (Å²) in [6, 6.07) is 19.4. The molecule has 0 saturated carbocycles. The molecule has 0 bridgehead atoms. The molecule has 0 amide bonds. The van der Waals surface area contributed by atoms with E-state index in [-0.39, 0.29) is 11.6 Å². The summed E-state index contributed by atoms with van der Waals surface area (Å²) in [5, 5.41) is 20.9. The summed E-state index contributed by atoms with van der Waals surface area (Å²) in [4.78, 5) is 30.2. The summed E-state index contributed by atoms with van der Waals surface area (Å²) in [6.45, 7) is 5.32. The van der Waals surface area contributed by atoms with Crippen molar-refractivity contribution in [3.8, 4) is 0 Å². The quantitative estimate of drug-likeness (QED) is 0.329. The number of nitrogens with zero attached hydrogens (tertiary/aromatic N) is 2. The zero-order valence-corrected chi connectivity index (χ0v) is 17.5. The minimum atomic E-state index is -2.95. The smallest absolute Gasteiger partial charge is 0.294 e. The average molecular weight is 420 g/mol. The van der Waals surface area contributed by atoms with Crippen molar-refractivity contribution in [1.82, 2.24) is 0 Å². The van der Waals surface area contributed by atoms with Gasteiger partial charge in [-0.3, -0.25) is 0 Å². The van der Waals surface area contributed by atoms with Crippen molar-refractivity contribution in [3.63, 3.8) is 0 Å². The monoisotopic (exact) mass is 420 g/mol. The van der Waals surface area contributed by atoms with Gasteiger partial charge in [-0.2, -0.15) is 0 Å².